The highest BCUT2D eigenvalue weighted by molar-refractivity contribution is 7.89. The van der Waals surface area contributed by atoms with Gasteiger partial charge in [-0.15, -0.1) is 0 Å². The fraction of sp³-hybridized carbons (Fsp3) is 0.250. The van der Waals surface area contributed by atoms with Crippen LogP contribution in [0.4, 0.5) is 0 Å². The molecule has 0 aliphatic carbocycles. The van der Waals surface area contributed by atoms with Gasteiger partial charge in [-0.25, -0.2) is 12.7 Å². The van der Waals surface area contributed by atoms with E-state index < -0.39 is 10.0 Å². The van der Waals surface area contributed by atoms with Crippen LogP contribution < -0.4 is 5.32 Å². The summed E-state index contributed by atoms with van der Waals surface area (Å²) in [6, 6.07) is 9.37. The van der Waals surface area contributed by atoms with E-state index in [0.717, 1.165) is 9.87 Å². The number of hydrogen-bond acceptors (Lipinski definition) is 4. The highest BCUT2D eigenvalue weighted by Gasteiger charge is 2.18. The summed E-state index contributed by atoms with van der Waals surface area (Å²) in [5.41, 5.74) is 1.35. The number of hydrogen-bond donors (Lipinski definition) is 1. The summed E-state index contributed by atoms with van der Waals surface area (Å²) in [7, 11) is -0.561. The average Bonchev–Trinajstić information content (AvgIpc) is 2.55. The molecule has 1 N–H and O–H groups in total. The lowest BCUT2D eigenvalue weighted by molar-refractivity contribution is 0.0939. The fourth-order valence-electron chi connectivity index (χ4n) is 2.00. The van der Waals surface area contributed by atoms with E-state index in [9.17, 15) is 13.2 Å². The Bertz CT molecular complexity index is 772. The van der Waals surface area contributed by atoms with Gasteiger partial charge in [0.25, 0.3) is 5.91 Å². The van der Waals surface area contributed by atoms with E-state index in [0.29, 0.717) is 5.56 Å². The van der Waals surface area contributed by atoms with Gasteiger partial charge in [0.15, 0.2) is 0 Å². The van der Waals surface area contributed by atoms with Crippen LogP contribution in [0.3, 0.4) is 0 Å². The van der Waals surface area contributed by atoms with Crippen LogP contribution in [0, 0.1) is 0 Å². The van der Waals surface area contributed by atoms with Crippen LogP contribution >= 0.6 is 0 Å². The Labute approximate surface area is 136 Å². The van der Waals surface area contributed by atoms with Crippen molar-refractivity contribution in [2.24, 2.45) is 0 Å². The second-order valence-electron chi connectivity index (χ2n) is 5.29. The van der Waals surface area contributed by atoms with Gasteiger partial charge in [-0.1, -0.05) is 0 Å². The van der Waals surface area contributed by atoms with Crippen LogP contribution in [-0.4, -0.2) is 37.7 Å². The summed E-state index contributed by atoms with van der Waals surface area (Å²) < 4.78 is 25.1. The lowest BCUT2D eigenvalue weighted by atomic mass is 10.1. The minimum Gasteiger partial charge on any atom is -0.346 e. The molecule has 1 unspecified atom stereocenters. The van der Waals surface area contributed by atoms with Crippen molar-refractivity contribution in [1.82, 2.24) is 14.6 Å². The molecule has 122 valence electrons. The number of carbonyl (C=O) groups is 1. The number of rotatable bonds is 5. The van der Waals surface area contributed by atoms with E-state index in [1.54, 1.807) is 12.4 Å². The van der Waals surface area contributed by atoms with Crippen molar-refractivity contribution in [1.29, 1.82) is 0 Å². The van der Waals surface area contributed by atoms with Crippen LogP contribution in [0.15, 0.2) is 53.7 Å². The predicted octanol–water partition coefficient (Wildman–Crippen LogP) is 1.82. The van der Waals surface area contributed by atoms with Crippen LogP contribution in [0.2, 0.25) is 0 Å². The zero-order chi connectivity index (χ0) is 17.0. The molecule has 0 saturated heterocycles. The molecule has 0 spiro atoms. The van der Waals surface area contributed by atoms with Gasteiger partial charge < -0.3 is 5.32 Å². The third-order valence-corrected chi connectivity index (χ3v) is 5.28. The van der Waals surface area contributed by atoms with E-state index >= 15 is 0 Å². The third kappa shape index (κ3) is 3.94. The summed E-state index contributed by atoms with van der Waals surface area (Å²) in [6.45, 7) is 1.87. The zero-order valence-corrected chi connectivity index (χ0v) is 14.0. The average molecular weight is 333 g/mol. The molecule has 0 saturated carbocycles. The molecule has 1 heterocycles. The molecule has 23 heavy (non-hydrogen) atoms. The molecule has 1 amide bonds. The zero-order valence-electron chi connectivity index (χ0n) is 13.2. The summed E-state index contributed by atoms with van der Waals surface area (Å²) >= 11 is 0. The van der Waals surface area contributed by atoms with Gasteiger partial charge in [-0.05, 0) is 48.9 Å². The van der Waals surface area contributed by atoms with Crippen molar-refractivity contribution in [3.8, 4) is 0 Å². The monoisotopic (exact) mass is 333 g/mol. The van der Waals surface area contributed by atoms with E-state index in [-0.39, 0.29) is 16.8 Å². The first-order valence-electron chi connectivity index (χ1n) is 7.06. The Morgan fingerprint density at radius 2 is 1.65 bits per heavy atom. The van der Waals surface area contributed by atoms with Crippen molar-refractivity contribution < 1.29 is 13.2 Å². The maximum Gasteiger partial charge on any atom is 0.251 e. The molecule has 0 radical (unpaired) electrons. The molecule has 0 aliphatic rings. The largest absolute Gasteiger partial charge is 0.346 e. The second kappa shape index (κ2) is 6.89. The fourth-order valence-corrected chi connectivity index (χ4v) is 2.91. The number of benzene rings is 1. The van der Waals surface area contributed by atoms with Crippen LogP contribution in [-0.2, 0) is 10.0 Å². The number of pyridine rings is 1. The molecule has 7 heteroatoms. The summed E-state index contributed by atoms with van der Waals surface area (Å²) in [5, 5.41) is 2.87. The molecule has 1 aromatic carbocycles. The van der Waals surface area contributed by atoms with Crippen LogP contribution in [0.25, 0.3) is 0 Å². The van der Waals surface area contributed by atoms with Gasteiger partial charge in [0.05, 0.1) is 10.9 Å². The molecule has 0 aliphatic heterocycles. The third-order valence-electron chi connectivity index (χ3n) is 3.45. The van der Waals surface area contributed by atoms with Gasteiger partial charge in [0.2, 0.25) is 10.0 Å². The quantitative estimate of drug-likeness (QED) is 0.905. The number of sulfonamides is 1. The standard InChI is InChI=1S/C16H19N3O3S/c1-12(13-8-10-17-11-9-13)18-16(20)14-4-6-15(7-5-14)23(21,22)19(2)3/h4-12H,1-3H3,(H,18,20). The summed E-state index contributed by atoms with van der Waals surface area (Å²) in [4.78, 5) is 16.3. The number of nitrogens with zero attached hydrogens (tertiary/aromatic N) is 2. The van der Waals surface area contributed by atoms with Crippen LogP contribution in [0.5, 0.6) is 0 Å². The maximum absolute atomic E-state index is 12.2. The first-order chi connectivity index (χ1) is 10.8. The van der Waals surface area contributed by atoms with E-state index in [1.807, 2.05) is 19.1 Å². The van der Waals surface area contributed by atoms with Gasteiger partial charge >= 0.3 is 0 Å². The highest BCUT2D eigenvalue weighted by Crippen LogP contribution is 2.15. The summed E-state index contributed by atoms with van der Waals surface area (Å²) in [6.07, 6.45) is 3.33. The minimum absolute atomic E-state index is 0.154. The van der Waals surface area contributed by atoms with Crippen LogP contribution in [0.1, 0.15) is 28.9 Å². The van der Waals surface area contributed by atoms with E-state index in [1.165, 1.54) is 38.4 Å². The smallest absolute Gasteiger partial charge is 0.251 e. The van der Waals surface area contributed by atoms with Crippen molar-refractivity contribution in [2.45, 2.75) is 17.9 Å². The molecule has 6 nitrogen and oxygen atoms in total. The molecule has 1 atom stereocenters. The first-order valence-corrected chi connectivity index (χ1v) is 8.50. The van der Waals surface area contributed by atoms with Gasteiger partial charge in [0, 0.05) is 32.1 Å². The Morgan fingerprint density at radius 1 is 1.09 bits per heavy atom. The lowest BCUT2D eigenvalue weighted by Gasteiger charge is -2.15. The second-order valence-corrected chi connectivity index (χ2v) is 7.44. The van der Waals surface area contributed by atoms with Crippen molar-refractivity contribution in [2.75, 3.05) is 14.1 Å². The Morgan fingerprint density at radius 3 is 2.17 bits per heavy atom. The first kappa shape index (κ1) is 17.1. The maximum atomic E-state index is 12.2. The number of nitrogens with one attached hydrogen (secondary N) is 1. The normalized spacial score (nSPS) is 12.9. The molecular formula is C16H19N3O3S. The molecule has 0 fully saturated rings. The predicted molar refractivity (Wildman–Crippen MR) is 87.4 cm³/mol. The van der Waals surface area contributed by atoms with Gasteiger partial charge in [-0.2, -0.15) is 0 Å². The van der Waals surface area contributed by atoms with Gasteiger partial charge in [0.1, 0.15) is 0 Å². The molecule has 2 aromatic rings. The Balaban J connectivity index is 2.12. The molecule has 0 bridgehead atoms. The topological polar surface area (TPSA) is 79.4 Å². The SMILES string of the molecule is CC(NC(=O)c1ccc(S(=O)(=O)N(C)C)cc1)c1ccncc1. The van der Waals surface area contributed by atoms with Crippen molar-refractivity contribution in [3.63, 3.8) is 0 Å². The van der Waals surface area contributed by atoms with E-state index in [2.05, 4.69) is 10.3 Å². The van der Waals surface area contributed by atoms with Gasteiger partial charge in [-0.3, -0.25) is 9.78 Å². The molecular weight excluding hydrogens is 314 g/mol. The number of amides is 1. The number of carbonyl (C=O) groups excluding carboxylic acids is 1. The lowest BCUT2D eigenvalue weighted by Crippen LogP contribution is -2.27. The Hall–Kier alpha value is -2.25. The van der Waals surface area contributed by atoms with Crippen molar-refractivity contribution in [3.05, 3.63) is 59.9 Å². The summed E-state index contributed by atoms with van der Waals surface area (Å²) in [5.74, 6) is -0.261. The van der Waals surface area contributed by atoms with Crippen molar-refractivity contribution >= 4 is 15.9 Å². The number of aromatic nitrogens is 1. The minimum atomic E-state index is -3.49. The molecule has 1 aromatic heterocycles. The highest BCUT2D eigenvalue weighted by atomic mass is 32.2. The Kier molecular flexibility index (Phi) is 5.12. The molecule has 2 rings (SSSR count). The van der Waals surface area contributed by atoms with E-state index in [4.69, 9.17) is 0 Å².